The van der Waals surface area contributed by atoms with Crippen LogP contribution in [0.5, 0.6) is 11.5 Å². The highest BCUT2D eigenvalue weighted by Crippen LogP contribution is 2.51. The number of benzene rings is 2. The summed E-state index contributed by atoms with van der Waals surface area (Å²) in [5.74, 6) is -1.41. The number of phenolic OH excluding ortho intramolecular Hbond substituents is 1. The van der Waals surface area contributed by atoms with E-state index in [1.165, 1.54) is 24.8 Å². The Labute approximate surface area is 209 Å². The summed E-state index contributed by atoms with van der Waals surface area (Å²) < 4.78 is 5.23. The molecule has 0 unspecified atom stereocenters. The van der Waals surface area contributed by atoms with Crippen LogP contribution >= 0.6 is 0 Å². The number of nitrogens with zero attached hydrogens (tertiary/aromatic N) is 2. The van der Waals surface area contributed by atoms with Gasteiger partial charge in [-0.25, -0.2) is 0 Å². The summed E-state index contributed by atoms with van der Waals surface area (Å²) in [7, 11) is 1.32. The molecule has 2 aliphatic carbocycles. The molecule has 0 saturated heterocycles. The molecule has 0 bridgehead atoms. The number of phenols is 1. The molecule has 0 spiro atoms. The van der Waals surface area contributed by atoms with E-state index in [9.17, 15) is 24.8 Å². The number of aromatic hydroxyl groups is 1. The maximum absolute atomic E-state index is 13.4. The van der Waals surface area contributed by atoms with Gasteiger partial charge in [0.1, 0.15) is 0 Å². The first-order valence-electron chi connectivity index (χ1n) is 12.3. The highest BCUT2D eigenvalue weighted by Gasteiger charge is 2.44. The molecule has 0 amide bonds. The lowest BCUT2D eigenvalue weighted by atomic mass is 9.70. The van der Waals surface area contributed by atoms with E-state index in [-0.39, 0.29) is 17.3 Å². The summed E-state index contributed by atoms with van der Waals surface area (Å²) in [5, 5.41) is 22.1. The average Bonchev–Trinajstić information content (AvgIpc) is 2.88. The lowest BCUT2D eigenvalue weighted by molar-refractivity contribution is -0.386. The Morgan fingerprint density at radius 3 is 2.17 bits per heavy atom. The van der Waals surface area contributed by atoms with Gasteiger partial charge in [-0.05, 0) is 49.3 Å². The number of ether oxygens (including phenoxy) is 1. The Balaban J connectivity index is 1.69. The van der Waals surface area contributed by atoms with Gasteiger partial charge in [-0.2, -0.15) is 0 Å². The first-order chi connectivity index (χ1) is 17.4. The van der Waals surface area contributed by atoms with Gasteiger partial charge in [0.15, 0.2) is 17.3 Å². The Bertz CT molecular complexity index is 1270. The van der Waals surface area contributed by atoms with Crippen molar-refractivity contribution >= 4 is 17.3 Å². The van der Waals surface area contributed by atoms with Gasteiger partial charge in [0.2, 0.25) is 5.75 Å². The molecule has 2 aromatic rings. The predicted octanol–water partition coefficient (Wildman–Crippen LogP) is 4.97. The number of carbonyl (C=O) groups excluding carboxylic acids is 2. The van der Waals surface area contributed by atoms with Crippen LogP contribution in [0.1, 0.15) is 55.6 Å². The Kier molecular flexibility index (Phi) is 6.35. The number of hydrogen-bond donors (Lipinski definition) is 1. The zero-order valence-corrected chi connectivity index (χ0v) is 20.2. The normalized spacial score (nSPS) is 18.3. The van der Waals surface area contributed by atoms with E-state index < -0.39 is 22.3 Å². The number of ketones is 2. The third kappa shape index (κ3) is 4.06. The number of methoxy groups -OCH3 is 1. The van der Waals surface area contributed by atoms with Crippen LogP contribution in [-0.2, 0) is 16.0 Å². The van der Waals surface area contributed by atoms with Crippen molar-refractivity contribution in [3.05, 3.63) is 86.2 Å². The minimum absolute atomic E-state index is 0.0365. The molecular weight excluding hydrogens is 460 g/mol. The molecule has 0 radical (unpaired) electrons. The molecular formula is C28H28N2O6. The molecule has 1 N–H and O–H groups in total. The molecule has 0 saturated carbocycles. The van der Waals surface area contributed by atoms with E-state index in [1.807, 2.05) is 18.2 Å². The van der Waals surface area contributed by atoms with Gasteiger partial charge in [-0.3, -0.25) is 19.7 Å². The number of allylic oxidation sites excluding steroid dienone is 4. The lowest BCUT2D eigenvalue weighted by Gasteiger charge is -2.44. The molecule has 3 aliphatic rings. The molecule has 0 aromatic heterocycles. The van der Waals surface area contributed by atoms with Crippen molar-refractivity contribution < 1.29 is 24.4 Å². The lowest BCUT2D eigenvalue weighted by Crippen LogP contribution is -2.40. The zero-order chi connectivity index (χ0) is 25.4. The second-order valence-corrected chi connectivity index (χ2v) is 9.44. The third-order valence-corrected chi connectivity index (χ3v) is 7.38. The number of rotatable bonds is 6. The van der Waals surface area contributed by atoms with Gasteiger partial charge in [-0.1, -0.05) is 30.3 Å². The van der Waals surface area contributed by atoms with Gasteiger partial charge < -0.3 is 14.7 Å². The van der Waals surface area contributed by atoms with Crippen LogP contribution in [0.3, 0.4) is 0 Å². The van der Waals surface area contributed by atoms with Gasteiger partial charge in [-0.15, -0.1) is 0 Å². The second kappa shape index (κ2) is 9.60. The molecule has 0 fully saturated rings. The van der Waals surface area contributed by atoms with Crippen LogP contribution in [0.2, 0.25) is 0 Å². The minimum Gasteiger partial charge on any atom is -0.500 e. The van der Waals surface area contributed by atoms with Crippen molar-refractivity contribution in [2.45, 2.75) is 50.9 Å². The van der Waals surface area contributed by atoms with Gasteiger partial charge in [0.05, 0.1) is 12.0 Å². The van der Waals surface area contributed by atoms with Gasteiger partial charge in [0.25, 0.3) is 0 Å². The predicted molar refractivity (Wildman–Crippen MR) is 133 cm³/mol. The Hall–Kier alpha value is -3.94. The maximum Gasteiger partial charge on any atom is 0.314 e. The van der Waals surface area contributed by atoms with Crippen molar-refractivity contribution in [3.8, 4) is 11.5 Å². The summed E-state index contributed by atoms with van der Waals surface area (Å²) in [6.07, 6.45) is 4.36. The standard InChI is InChI=1S/C28H28N2O6/c1-36-24-16-18(15-21(28(24)33)30(34)35)25-26-19(9-5-11-22(26)31)29(14-13-17-7-3-2-4-8-17)20-10-6-12-23(32)27(20)25/h2-4,7-8,15-16,25,33H,5-6,9-14H2,1H3. The fourth-order valence-corrected chi connectivity index (χ4v) is 5.78. The van der Waals surface area contributed by atoms with Crippen molar-refractivity contribution in [1.29, 1.82) is 0 Å². The van der Waals surface area contributed by atoms with Crippen LogP contribution in [-0.4, -0.2) is 40.2 Å². The smallest absolute Gasteiger partial charge is 0.314 e. The molecule has 186 valence electrons. The van der Waals surface area contributed by atoms with E-state index in [0.29, 0.717) is 48.9 Å². The topological polar surface area (TPSA) is 110 Å². The third-order valence-electron chi connectivity index (χ3n) is 7.38. The van der Waals surface area contributed by atoms with Crippen LogP contribution in [0.15, 0.2) is 65.0 Å². The van der Waals surface area contributed by atoms with Crippen LogP contribution in [0.25, 0.3) is 0 Å². The highest BCUT2D eigenvalue weighted by molar-refractivity contribution is 6.06. The molecule has 5 rings (SSSR count). The quantitative estimate of drug-likeness (QED) is 0.452. The number of carbonyl (C=O) groups is 2. The Morgan fingerprint density at radius 2 is 1.61 bits per heavy atom. The molecule has 8 heteroatoms. The molecule has 0 atom stereocenters. The van der Waals surface area contributed by atoms with Gasteiger partial charge in [0, 0.05) is 53.9 Å². The maximum atomic E-state index is 13.4. The second-order valence-electron chi connectivity index (χ2n) is 9.44. The highest BCUT2D eigenvalue weighted by atomic mass is 16.6. The average molecular weight is 489 g/mol. The van der Waals surface area contributed by atoms with E-state index in [4.69, 9.17) is 4.74 Å². The molecule has 2 aromatic carbocycles. The minimum atomic E-state index is -0.711. The van der Waals surface area contributed by atoms with Crippen LogP contribution < -0.4 is 4.74 Å². The van der Waals surface area contributed by atoms with Crippen LogP contribution in [0, 0.1) is 10.1 Å². The Morgan fingerprint density at radius 1 is 1.00 bits per heavy atom. The van der Waals surface area contributed by atoms with E-state index in [1.54, 1.807) is 0 Å². The summed E-state index contributed by atoms with van der Waals surface area (Å²) in [5.41, 5.74) is 4.00. The molecule has 1 aliphatic heterocycles. The van der Waals surface area contributed by atoms with Crippen molar-refractivity contribution in [3.63, 3.8) is 0 Å². The summed E-state index contributed by atoms with van der Waals surface area (Å²) in [4.78, 5) is 40.1. The summed E-state index contributed by atoms with van der Waals surface area (Å²) >= 11 is 0. The monoisotopic (exact) mass is 488 g/mol. The fraction of sp³-hybridized carbons (Fsp3) is 0.357. The fourth-order valence-electron chi connectivity index (χ4n) is 5.78. The largest absolute Gasteiger partial charge is 0.500 e. The van der Waals surface area contributed by atoms with Gasteiger partial charge >= 0.3 is 5.69 Å². The molecule has 1 heterocycles. The molecule has 36 heavy (non-hydrogen) atoms. The van der Waals surface area contributed by atoms with Crippen molar-refractivity contribution in [2.75, 3.05) is 13.7 Å². The number of hydrogen-bond acceptors (Lipinski definition) is 7. The number of nitro groups is 1. The molecule has 8 nitrogen and oxygen atoms in total. The first-order valence-corrected chi connectivity index (χ1v) is 12.3. The number of Topliss-reactive ketones (excluding diaryl/α,β-unsaturated/α-hetero) is 2. The SMILES string of the molecule is COc1cc(C2C3=C(CCCC3=O)N(CCc3ccccc3)C3=C2C(=O)CCC3)cc([N+](=O)[O-])c1O. The van der Waals surface area contributed by atoms with E-state index in [0.717, 1.165) is 30.7 Å². The number of nitro benzene ring substituents is 1. The van der Waals surface area contributed by atoms with Crippen LogP contribution in [0.4, 0.5) is 5.69 Å². The summed E-state index contributed by atoms with van der Waals surface area (Å²) in [6.45, 7) is 0.647. The van der Waals surface area contributed by atoms with Crippen molar-refractivity contribution in [2.24, 2.45) is 0 Å². The van der Waals surface area contributed by atoms with E-state index in [2.05, 4.69) is 17.0 Å². The first kappa shape index (κ1) is 23.8. The zero-order valence-electron chi connectivity index (χ0n) is 20.2. The summed E-state index contributed by atoms with van der Waals surface area (Å²) in [6, 6.07) is 12.9. The van der Waals surface area contributed by atoms with Crippen molar-refractivity contribution in [1.82, 2.24) is 4.90 Å². The van der Waals surface area contributed by atoms with E-state index >= 15 is 0 Å².